The summed E-state index contributed by atoms with van der Waals surface area (Å²) in [5.41, 5.74) is 2.04. The van der Waals surface area contributed by atoms with Crippen LogP contribution in [0.3, 0.4) is 0 Å². The van der Waals surface area contributed by atoms with E-state index in [1.165, 1.54) is 0 Å². The molecule has 0 amide bonds. The average molecular weight is 379 g/mol. The summed E-state index contributed by atoms with van der Waals surface area (Å²) in [6.07, 6.45) is 5.27. The number of phenols is 1. The third-order valence-electron chi connectivity index (χ3n) is 4.85. The Labute approximate surface area is 165 Å². The monoisotopic (exact) mass is 379 g/mol. The first-order valence-corrected chi connectivity index (χ1v) is 9.40. The first kappa shape index (κ1) is 19.7. The van der Waals surface area contributed by atoms with Crippen LogP contribution in [0.4, 0.5) is 0 Å². The standard InChI is InChI=1S/C23H25NO4/c1-4-24(5-2)15-18-19(25)14-13-17-22(26)21(28-23(17)18)12-8-10-16-9-6-7-11-20(16)27-3/h6-14,25H,4-5,15H2,1-3H3/b10-8+,21-12-. The molecule has 0 saturated carbocycles. The van der Waals surface area contributed by atoms with Crippen molar-refractivity contribution in [3.05, 3.63) is 71.0 Å². The number of aromatic hydroxyl groups is 1. The smallest absolute Gasteiger partial charge is 0.231 e. The van der Waals surface area contributed by atoms with Gasteiger partial charge in [-0.15, -0.1) is 0 Å². The second-order valence-corrected chi connectivity index (χ2v) is 6.46. The molecule has 1 aliphatic heterocycles. The van der Waals surface area contributed by atoms with Gasteiger partial charge in [-0.3, -0.25) is 9.69 Å². The summed E-state index contributed by atoms with van der Waals surface area (Å²) < 4.78 is 11.2. The van der Waals surface area contributed by atoms with Gasteiger partial charge in [-0.25, -0.2) is 0 Å². The van der Waals surface area contributed by atoms with E-state index < -0.39 is 0 Å². The van der Waals surface area contributed by atoms with Gasteiger partial charge in [0.2, 0.25) is 5.78 Å². The van der Waals surface area contributed by atoms with E-state index in [1.807, 2.05) is 30.3 Å². The molecule has 3 rings (SSSR count). The summed E-state index contributed by atoms with van der Waals surface area (Å²) in [7, 11) is 1.62. The molecule has 0 unspecified atom stereocenters. The number of rotatable bonds is 7. The van der Waals surface area contributed by atoms with Crippen molar-refractivity contribution in [3.8, 4) is 17.2 Å². The van der Waals surface area contributed by atoms with E-state index in [-0.39, 0.29) is 17.3 Å². The summed E-state index contributed by atoms with van der Waals surface area (Å²) in [6.45, 7) is 6.34. The van der Waals surface area contributed by atoms with Gasteiger partial charge in [-0.2, -0.15) is 0 Å². The van der Waals surface area contributed by atoms with Crippen LogP contribution >= 0.6 is 0 Å². The Morgan fingerprint density at radius 3 is 2.61 bits per heavy atom. The summed E-state index contributed by atoms with van der Waals surface area (Å²) in [5, 5.41) is 10.3. The Morgan fingerprint density at radius 1 is 1.14 bits per heavy atom. The highest BCUT2D eigenvalue weighted by atomic mass is 16.5. The fourth-order valence-corrected chi connectivity index (χ4v) is 3.18. The Hall–Kier alpha value is -3.05. The van der Waals surface area contributed by atoms with Gasteiger partial charge in [-0.05, 0) is 37.4 Å². The lowest BCUT2D eigenvalue weighted by Crippen LogP contribution is -2.22. The van der Waals surface area contributed by atoms with Crippen molar-refractivity contribution >= 4 is 11.9 Å². The van der Waals surface area contributed by atoms with Gasteiger partial charge >= 0.3 is 0 Å². The minimum absolute atomic E-state index is 0.143. The minimum Gasteiger partial charge on any atom is -0.507 e. The van der Waals surface area contributed by atoms with E-state index in [0.29, 0.717) is 23.4 Å². The molecule has 5 heteroatoms. The second-order valence-electron chi connectivity index (χ2n) is 6.46. The van der Waals surface area contributed by atoms with Crippen molar-refractivity contribution in [2.75, 3.05) is 20.2 Å². The van der Waals surface area contributed by atoms with Gasteiger partial charge in [0.25, 0.3) is 0 Å². The van der Waals surface area contributed by atoms with Gasteiger partial charge in [-0.1, -0.05) is 44.2 Å². The number of phenolic OH excluding ortho intramolecular Hbond substituents is 1. The highest BCUT2D eigenvalue weighted by molar-refractivity contribution is 6.12. The third-order valence-corrected chi connectivity index (χ3v) is 4.85. The Morgan fingerprint density at radius 2 is 1.89 bits per heavy atom. The first-order valence-electron chi connectivity index (χ1n) is 9.40. The molecule has 2 aromatic carbocycles. The number of allylic oxidation sites excluding steroid dienone is 3. The summed E-state index contributed by atoms with van der Waals surface area (Å²) in [4.78, 5) is 14.9. The number of ether oxygens (including phenoxy) is 2. The largest absolute Gasteiger partial charge is 0.507 e. The number of fused-ring (bicyclic) bond motifs is 1. The molecular formula is C23H25NO4. The number of methoxy groups -OCH3 is 1. The highest BCUT2D eigenvalue weighted by Gasteiger charge is 2.31. The molecule has 0 saturated heterocycles. The van der Waals surface area contributed by atoms with E-state index in [1.54, 1.807) is 31.4 Å². The molecule has 0 spiro atoms. The predicted molar refractivity (Wildman–Crippen MR) is 110 cm³/mol. The Bertz CT molecular complexity index is 926. The fraction of sp³-hybridized carbons (Fsp3) is 0.261. The highest BCUT2D eigenvalue weighted by Crippen LogP contribution is 2.39. The van der Waals surface area contributed by atoms with Crippen LogP contribution in [0.15, 0.2) is 54.3 Å². The molecule has 0 aliphatic carbocycles. The maximum atomic E-state index is 12.7. The molecule has 1 heterocycles. The van der Waals surface area contributed by atoms with Crippen molar-refractivity contribution in [1.82, 2.24) is 4.90 Å². The maximum Gasteiger partial charge on any atom is 0.231 e. The summed E-state index contributed by atoms with van der Waals surface area (Å²) >= 11 is 0. The summed E-state index contributed by atoms with van der Waals surface area (Å²) in [6, 6.07) is 10.8. The lowest BCUT2D eigenvalue weighted by molar-refractivity contribution is 0.101. The number of nitrogens with zero attached hydrogens (tertiary/aromatic N) is 1. The van der Waals surface area contributed by atoms with E-state index in [9.17, 15) is 9.90 Å². The van der Waals surface area contributed by atoms with Crippen molar-refractivity contribution in [1.29, 1.82) is 0 Å². The molecule has 1 N–H and O–H groups in total. The normalized spacial score (nSPS) is 14.7. The van der Waals surface area contributed by atoms with Crippen LogP contribution in [0.1, 0.15) is 35.3 Å². The third kappa shape index (κ3) is 3.94. The minimum atomic E-state index is -0.180. The lowest BCUT2D eigenvalue weighted by Gasteiger charge is -2.20. The Balaban J connectivity index is 1.87. The fourth-order valence-electron chi connectivity index (χ4n) is 3.18. The molecule has 0 bridgehead atoms. The van der Waals surface area contributed by atoms with Gasteiger partial charge < -0.3 is 14.6 Å². The molecule has 0 radical (unpaired) electrons. The van der Waals surface area contributed by atoms with Crippen molar-refractivity contribution in [2.45, 2.75) is 20.4 Å². The van der Waals surface area contributed by atoms with Gasteiger partial charge in [0, 0.05) is 12.1 Å². The number of carbonyl (C=O) groups excluding carboxylic acids is 1. The number of hydrogen-bond acceptors (Lipinski definition) is 5. The number of Topliss-reactive ketones (excluding diaryl/α,β-unsaturated/α-hetero) is 1. The van der Waals surface area contributed by atoms with Gasteiger partial charge in [0.15, 0.2) is 5.76 Å². The van der Waals surface area contributed by atoms with Crippen LogP contribution in [0.25, 0.3) is 6.08 Å². The van der Waals surface area contributed by atoms with Gasteiger partial charge in [0.05, 0.1) is 18.2 Å². The molecule has 0 fully saturated rings. The predicted octanol–water partition coefficient (Wildman–Crippen LogP) is 4.42. The van der Waals surface area contributed by atoms with Crippen LogP contribution in [0, 0.1) is 0 Å². The van der Waals surface area contributed by atoms with Crippen molar-refractivity contribution in [2.24, 2.45) is 0 Å². The number of ketones is 1. The zero-order valence-corrected chi connectivity index (χ0v) is 16.4. The van der Waals surface area contributed by atoms with E-state index >= 15 is 0 Å². The number of benzene rings is 2. The molecule has 0 aromatic heterocycles. The quantitative estimate of drug-likeness (QED) is 0.722. The van der Waals surface area contributed by atoms with E-state index in [4.69, 9.17) is 9.47 Å². The zero-order valence-electron chi connectivity index (χ0n) is 16.4. The maximum absolute atomic E-state index is 12.7. The second kappa shape index (κ2) is 8.76. The molecule has 2 aromatic rings. The molecular weight excluding hydrogens is 354 g/mol. The molecule has 5 nitrogen and oxygen atoms in total. The number of carbonyl (C=O) groups is 1. The van der Waals surface area contributed by atoms with E-state index in [2.05, 4.69) is 18.7 Å². The zero-order chi connectivity index (χ0) is 20.1. The van der Waals surface area contributed by atoms with E-state index in [0.717, 1.165) is 24.4 Å². The molecule has 1 aliphatic rings. The first-order chi connectivity index (χ1) is 13.6. The van der Waals surface area contributed by atoms with Gasteiger partial charge in [0.1, 0.15) is 17.2 Å². The lowest BCUT2D eigenvalue weighted by atomic mass is 10.0. The van der Waals surface area contributed by atoms with Crippen LogP contribution in [0.5, 0.6) is 17.2 Å². The SMILES string of the molecule is CCN(CC)Cc1c(O)ccc2c1O/C(=C\C=C\c1ccccc1OC)C2=O. The number of hydrogen-bond donors (Lipinski definition) is 1. The van der Waals surface area contributed by atoms with Crippen LogP contribution in [-0.2, 0) is 6.54 Å². The van der Waals surface area contributed by atoms with Crippen LogP contribution < -0.4 is 9.47 Å². The van der Waals surface area contributed by atoms with Crippen LogP contribution in [-0.4, -0.2) is 36.0 Å². The molecule has 28 heavy (non-hydrogen) atoms. The summed E-state index contributed by atoms with van der Waals surface area (Å²) in [5.74, 6) is 1.41. The topological polar surface area (TPSA) is 59.0 Å². The number of para-hydroxylation sites is 1. The van der Waals surface area contributed by atoms with Crippen molar-refractivity contribution < 1.29 is 19.4 Å². The van der Waals surface area contributed by atoms with Crippen molar-refractivity contribution in [3.63, 3.8) is 0 Å². The Kier molecular flexibility index (Phi) is 6.16. The molecule has 146 valence electrons. The average Bonchev–Trinajstić information content (AvgIpc) is 3.03. The molecule has 0 atom stereocenters. The van der Waals surface area contributed by atoms with Crippen LogP contribution in [0.2, 0.25) is 0 Å².